The number of nitrogens with one attached hydrogen (secondary N) is 1. The van der Waals surface area contributed by atoms with Crippen LogP contribution in [-0.2, 0) is 6.42 Å². The Balaban J connectivity index is 1.86. The van der Waals surface area contributed by atoms with Crippen LogP contribution in [0.4, 0.5) is 0 Å². The van der Waals surface area contributed by atoms with Gasteiger partial charge in [-0.3, -0.25) is 16.3 Å². The molecule has 3 nitrogen and oxygen atoms in total. The topological polar surface area (TPSA) is 50.9 Å². The van der Waals surface area contributed by atoms with Crippen molar-refractivity contribution in [1.82, 2.24) is 10.4 Å². The Morgan fingerprint density at radius 1 is 1.37 bits per heavy atom. The zero-order valence-corrected chi connectivity index (χ0v) is 12.2. The minimum absolute atomic E-state index is 0.440. The number of hydrogen-bond donors (Lipinski definition) is 2. The first-order chi connectivity index (χ1) is 9.20. The minimum atomic E-state index is 0.440. The van der Waals surface area contributed by atoms with E-state index in [9.17, 15) is 0 Å². The van der Waals surface area contributed by atoms with Gasteiger partial charge in [0.05, 0.1) is 0 Å². The SMILES string of the molecule is CC1CCC(C(CCc2cccnc2)NN)CC1C. The fourth-order valence-corrected chi connectivity index (χ4v) is 3.28. The van der Waals surface area contributed by atoms with Crippen molar-refractivity contribution in [3.8, 4) is 0 Å². The molecule has 1 aliphatic carbocycles. The number of pyridine rings is 1. The first-order valence-electron chi connectivity index (χ1n) is 7.55. The van der Waals surface area contributed by atoms with Crippen molar-refractivity contribution >= 4 is 0 Å². The second-order valence-corrected chi connectivity index (χ2v) is 6.20. The van der Waals surface area contributed by atoms with Crippen molar-refractivity contribution in [2.24, 2.45) is 23.6 Å². The maximum atomic E-state index is 5.78. The van der Waals surface area contributed by atoms with E-state index >= 15 is 0 Å². The maximum Gasteiger partial charge on any atom is 0.0299 e. The first-order valence-corrected chi connectivity index (χ1v) is 7.55. The summed E-state index contributed by atoms with van der Waals surface area (Å²) >= 11 is 0. The summed E-state index contributed by atoms with van der Waals surface area (Å²) in [4.78, 5) is 4.17. The predicted molar refractivity (Wildman–Crippen MR) is 79.3 cm³/mol. The summed E-state index contributed by atoms with van der Waals surface area (Å²) in [6.45, 7) is 4.76. The molecule has 1 heterocycles. The molecule has 19 heavy (non-hydrogen) atoms. The van der Waals surface area contributed by atoms with E-state index in [2.05, 4.69) is 30.3 Å². The molecule has 0 radical (unpaired) electrons. The number of rotatable bonds is 5. The molecular weight excluding hydrogens is 234 g/mol. The molecule has 0 bridgehead atoms. The molecule has 0 amide bonds. The highest BCUT2D eigenvalue weighted by Gasteiger charge is 2.29. The van der Waals surface area contributed by atoms with Gasteiger partial charge in [-0.2, -0.15) is 0 Å². The highest BCUT2D eigenvalue weighted by Crippen LogP contribution is 2.35. The molecule has 4 unspecified atom stereocenters. The molecular formula is C16H27N3. The van der Waals surface area contributed by atoms with Gasteiger partial charge in [-0.05, 0) is 55.1 Å². The third-order valence-electron chi connectivity index (χ3n) is 4.89. The lowest BCUT2D eigenvalue weighted by molar-refractivity contribution is 0.166. The summed E-state index contributed by atoms with van der Waals surface area (Å²) in [6, 6.07) is 4.59. The predicted octanol–water partition coefficient (Wildman–Crippen LogP) is 2.92. The van der Waals surface area contributed by atoms with Gasteiger partial charge >= 0.3 is 0 Å². The summed E-state index contributed by atoms with van der Waals surface area (Å²) in [7, 11) is 0. The zero-order valence-electron chi connectivity index (χ0n) is 12.2. The van der Waals surface area contributed by atoms with E-state index in [1.54, 1.807) is 0 Å². The van der Waals surface area contributed by atoms with Crippen molar-refractivity contribution in [1.29, 1.82) is 0 Å². The molecule has 0 saturated heterocycles. The van der Waals surface area contributed by atoms with Crippen LogP contribution in [0.1, 0.15) is 45.1 Å². The number of aryl methyl sites for hydroxylation is 1. The standard InChI is InChI=1S/C16H27N3/c1-12-5-7-15(10-13(12)2)16(19-17)8-6-14-4-3-9-18-11-14/h3-4,9,11-13,15-16,19H,5-8,10,17H2,1-2H3. The van der Waals surface area contributed by atoms with Crippen LogP contribution < -0.4 is 11.3 Å². The van der Waals surface area contributed by atoms with Crippen LogP contribution in [0.3, 0.4) is 0 Å². The summed E-state index contributed by atoms with van der Waals surface area (Å²) in [5, 5.41) is 0. The fraction of sp³-hybridized carbons (Fsp3) is 0.688. The molecule has 0 spiro atoms. The Hall–Kier alpha value is -0.930. The number of hydrogen-bond acceptors (Lipinski definition) is 3. The van der Waals surface area contributed by atoms with Crippen LogP contribution in [0.5, 0.6) is 0 Å². The van der Waals surface area contributed by atoms with Crippen molar-refractivity contribution < 1.29 is 0 Å². The van der Waals surface area contributed by atoms with E-state index < -0.39 is 0 Å². The van der Waals surface area contributed by atoms with E-state index in [1.807, 2.05) is 18.5 Å². The second-order valence-electron chi connectivity index (χ2n) is 6.20. The van der Waals surface area contributed by atoms with Gasteiger partial charge in [0.15, 0.2) is 0 Å². The monoisotopic (exact) mass is 261 g/mol. The van der Waals surface area contributed by atoms with Gasteiger partial charge in [-0.25, -0.2) is 0 Å². The fourth-order valence-electron chi connectivity index (χ4n) is 3.28. The van der Waals surface area contributed by atoms with Gasteiger partial charge in [0.25, 0.3) is 0 Å². The largest absolute Gasteiger partial charge is 0.271 e. The molecule has 0 aliphatic heterocycles. The van der Waals surface area contributed by atoms with E-state index in [1.165, 1.54) is 24.8 Å². The summed E-state index contributed by atoms with van der Waals surface area (Å²) in [5.74, 6) is 8.21. The van der Waals surface area contributed by atoms with Gasteiger partial charge in [0, 0.05) is 18.4 Å². The molecule has 4 atom stereocenters. The maximum absolute atomic E-state index is 5.78. The summed E-state index contributed by atoms with van der Waals surface area (Å²) < 4.78 is 0. The van der Waals surface area contributed by atoms with E-state index in [0.717, 1.165) is 30.6 Å². The number of aromatic nitrogens is 1. The number of nitrogens with two attached hydrogens (primary N) is 1. The van der Waals surface area contributed by atoms with Gasteiger partial charge < -0.3 is 0 Å². The summed E-state index contributed by atoms with van der Waals surface area (Å²) in [5.41, 5.74) is 4.36. The Morgan fingerprint density at radius 3 is 2.84 bits per heavy atom. The van der Waals surface area contributed by atoms with Crippen LogP contribution >= 0.6 is 0 Å². The number of hydrazine groups is 1. The molecule has 1 aromatic rings. The molecule has 1 aliphatic rings. The molecule has 0 aromatic carbocycles. The van der Waals surface area contributed by atoms with Gasteiger partial charge in [-0.1, -0.05) is 26.3 Å². The highest BCUT2D eigenvalue weighted by atomic mass is 15.2. The highest BCUT2D eigenvalue weighted by molar-refractivity contribution is 5.08. The lowest BCUT2D eigenvalue weighted by atomic mass is 9.72. The van der Waals surface area contributed by atoms with Gasteiger partial charge in [-0.15, -0.1) is 0 Å². The van der Waals surface area contributed by atoms with Crippen LogP contribution in [0, 0.1) is 17.8 Å². The lowest BCUT2D eigenvalue weighted by Gasteiger charge is -2.36. The average molecular weight is 261 g/mol. The average Bonchev–Trinajstić information content (AvgIpc) is 2.44. The van der Waals surface area contributed by atoms with Crippen LogP contribution in [0.15, 0.2) is 24.5 Å². The first kappa shape index (κ1) is 14.5. The summed E-state index contributed by atoms with van der Waals surface area (Å²) in [6.07, 6.45) is 9.91. The van der Waals surface area contributed by atoms with Gasteiger partial charge in [0.1, 0.15) is 0 Å². The molecule has 106 valence electrons. The zero-order chi connectivity index (χ0) is 13.7. The van der Waals surface area contributed by atoms with Crippen LogP contribution in [0.2, 0.25) is 0 Å². The molecule has 3 heteroatoms. The Morgan fingerprint density at radius 2 is 2.21 bits per heavy atom. The smallest absolute Gasteiger partial charge is 0.0299 e. The third kappa shape index (κ3) is 4.02. The minimum Gasteiger partial charge on any atom is -0.271 e. The lowest BCUT2D eigenvalue weighted by Crippen LogP contribution is -2.43. The van der Waals surface area contributed by atoms with E-state index in [0.29, 0.717) is 6.04 Å². The molecule has 2 rings (SSSR count). The van der Waals surface area contributed by atoms with Crippen LogP contribution in [0.25, 0.3) is 0 Å². The van der Waals surface area contributed by atoms with Crippen molar-refractivity contribution in [2.45, 2.75) is 52.0 Å². The normalized spacial score (nSPS) is 29.1. The van der Waals surface area contributed by atoms with Crippen LogP contribution in [-0.4, -0.2) is 11.0 Å². The van der Waals surface area contributed by atoms with E-state index in [4.69, 9.17) is 5.84 Å². The van der Waals surface area contributed by atoms with Crippen molar-refractivity contribution in [3.05, 3.63) is 30.1 Å². The van der Waals surface area contributed by atoms with Crippen molar-refractivity contribution in [2.75, 3.05) is 0 Å². The Bertz CT molecular complexity index is 366. The molecule has 1 aromatic heterocycles. The molecule has 1 saturated carbocycles. The van der Waals surface area contributed by atoms with Crippen molar-refractivity contribution in [3.63, 3.8) is 0 Å². The number of nitrogens with zero attached hydrogens (tertiary/aromatic N) is 1. The second kappa shape index (κ2) is 7.01. The Kier molecular flexibility index (Phi) is 5.34. The van der Waals surface area contributed by atoms with Gasteiger partial charge in [0.2, 0.25) is 0 Å². The molecule has 3 N–H and O–H groups in total. The quantitative estimate of drug-likeness (QED) is 0.633. The van der Waals surface area contributed by atoms with E-state index in [-0.39, 0.29) is 0 Å². The Labute approximate surface area is 117 Å². The molecule has 1 fully saturated rings. The third-order valence-corrected chi connectivity index (χ3v) is 4.89.